The van der Waals surface area contributed by atoms with Crippen LogP contribution >= 0.6 is 11.3 Å². The van der Waals surface area contributed by atoms with Gasteiger partial charge in [-0.2, -0.15) is 0 Å². The van der Waals surface area contributed by atoms with Gasteiger partial charge in [0, 0.05) is 10.4 Å². The molecule has 2 heterocycles. The summed E-state index contributed by atoms with van der Waals surface area (Å²) in [6, 6.07) is 5.51. The normalized spacial score (nSPS) is 13.5. The van der Waals surface area contributed by atoms with Gasteiger partial charge in [0.25, 0.3) is 0 Å². The maximum atomic E-state index is 13.4. The van der Waals surface area contributed by atoms with Crippen LogP contribution in [0.4, 0.5) is 10.2 Å². The fourth-order valence-electron chi connectivity index (χ4n) is 3.12. The number of carbonyl (C=O) groups is 1. The molecule has 0 aliphatic rings. The van der Waals surface area contributed by atoms with E-state index in [1.54, 1.807) is 19.1 Å². The van der Waals surface area contributed by atoms with Gasteiger partial charge in [-0.3, -0.25) is 0 Å². The highest BCUT2D eigenvalue weighted by Crippen LogP contribution is 2.41. The number of hydrogen-bond acceptors (Lipinski definition) is 5. The number of carboxylic acids is 1. The van der Waals surface area contributed by atoms with Crippen LogP contribution in [0.1, 0.15) is 31.0 Å². The lowest BCUT2D eigenvalue weighted by molar-refractivity contribution is -0.139. The molecule has 3 rings (SSSR count). The quantitative estimate of drug-likeness (QED) is 0.621. The van der Waals surface area contributed by atoms with E-state index in [2.05, 4.69) is 15.3 Å². The first-order valence-electron chi connectivity index (χ1n) is 8.84. The third-order valence-electron chi connectivity index (χ3n) is 4.74. The second-order valence-electron chi connectivity index (χ2n) is 6.69. The Morgan fingerprint density at radius 2 is 1.93 bits per heavy atom. The number of nitrogens with one attached hydrogen (secondary N) is 1. The zero-order valence-electron chi connectivity index (χ0n) is 15.7. The number of benzene rings is 1. The van der Waals surface area contributed by atoms with E-state index < -0.39 is 12.0 Å². The summed E-state index contributed by atoms with van der Waals surface area (Å²) in [6.45, 7) is 7.63. The van der Waals surface area contributed by atoms with Crippen LogP contribution in [0.15, 0.2) is 24.3 Å². The summed E-state index contributed by atoms with van der Waals surface area (Å²) in [4.78, 5) is 22.6. The second kappa shape index (κ2) is 7.60. The van der Waals surface area contributed by atoms with Crippen molar-refractivity contribution in [2.75, 3.05) is 5.32 Å². The summed E-state index contributed by atoms with van der Waals surface area (Å²) >= 11 is 1.52. The number of anilines is 1. The predicted molar refractivity (Wildman–Crippen MR) is 107 cm³/mol. The first kappa shape index (κ1) is 19.2. The Bertz CT molecular complexity index is 985. The first-order chi connectivity index (χ1) is 12.8. The van der Waals surface area contributed by atoms with Crippen LogP contribution in [-0.4, -0.2) is 27.1 Å². The minimum Gasteiger partial charge on any atom is -0.480 e. The van der Waals surface area contributed by atoms with Gasteiger partial charge in [-0.15, -0.1) is 11.3 Å². The van der Waals surface area contributed by atoms with Crippen LogP contribution in [0.2, 0.25) is 0 Å². The molecule has 3 aromatic rings. The van der Waals surface area contributed by atoms with Gasteiger partial charge >= 0.3 is 5.97 Å². The lowest BCUT2D eigenvalue weighted by Crippen LogP contribution is -2.35. The molecule has 2 unspecified atom stereocenters. The minimum absolute atomic E-state index is 0.0678. The van der Waals surface area contributed by atoms with Crippen LogP contribution in [0.3, 0.4) is 0 Å². The van der Waals surface area contributed by atoms with Gasteiger partial charge in [0.15, 0.2) is 0 Å². The van der Waals surface area contributed by atoms with Gasteiger partial charge in [0.1, 0.15) is 28.3 Å². The van der Waals surface area contributed by atoms with E-state index in [4.69, 9.17) is 0 Å². The first-order valence-corrected chi connectivity index (χ1v) is 9.66. The van der Waals surface area contributed by atoms with Gasteiger partial charge in [-0.25, -0.2) is 19.2 Å². The van der Waals surface area contributed by atoms with Crippen molar-refractivity contribution in [3.8, 4) is 11.1 Å². The standard InChI is InChI=1S/C20H22FN3O2S/c1-5-10(2)17(20(25)26)24-18-16-15(13-6-8-14(21)9-7-13)11(3)27-19(16)23-12(4)22-18/h6-10,17H,5H2,1-4H3,(H,25,26)(H,22,23,24). The van der Waals surface area contributed by atoms with Gasteiger partial charge in [-0.05, 0) is 37.5 Å². The highest BCUT2D eigenvalue weighted by molar-refractivity contribution is 7.19. The smallest absolute Gasteiger partial charge is 0.326 e. The molecule has 0 saturated carbocycles. The Labute approximate surface area is 161 Å². The van der Waals surface area contributed by atoms with E-state index in [1.165, 1.54) is 23.5 Å². The molecule has 5 nitrogen and oxygen atoms in total. The van der Waals surface area contributed by atoms with Crippen molar-refractivity contribution in [2.45, 2.75) is 40.2 Å². The van der Waals surface area contributed by atoms with Crippen molar-refractivity contribution in [3.63, 3.8) is 0 Å². The lowest BCUT2D eigenvalue weighted by atomic mass is 9.98. The lowest BCUT2D eigenvalue weighted by Gasteiger charge is -2.21. The third-order valence-corrected chi connectivity index (χ3v) is 5.74. The van der Waals surface area contributed by atoms with Crippen LogP contribution in [0.5, 0.6) is 0 Å². The zero-order valence-corrected chi connectivity index (χ0v) is 16.5. The Balaban J connectivity index is 2.20. The zero-order chi connectivity index (χ0) is 19.7. The maximum absolute atomic E-state index is 13.4. The van der Waals surface area contributed by atoms with Crippen LogP contribution in [0, 0.1) is 25.6 Å². The Morgan fingerprint density at radius 3 is 2.52 bits per heavy atom. The number of nitrogens with zero attached hydrogens (tertiary/aromatic N) is 2. The summed E-state index contributed by atoms with van der Waals surface area (Å²) in [6.07, 6.45) is 0.727. The number of rotatable bonds is 6. The number of halogens is 1. The van der Waals surface area contributed by atoms with Crippen molar-refractivity contribution in [1.29, 1.82) is 0 Å². The molecule has 0 saturated heterocycles. The monoisotopic (exact) mass is 387 g/mol. The van der Waals surface area contributed by atoms with Crippen LogP contribution in [0.25, 0.3) is 21.3 Å². The molecule has 0 aliphatic heterocycles. The number of aryl methyl sites for hydroxylation is 2. The number of aromatic nitrogens is 2. The number of fused-ring (bicyclic) bond motifs is 1. The summed E-state index contributed by atoms with van der Waals surface area (Å²) < 4.78 is 13.4. The molecule has 0 spiro atoms. The molecular formula is C20H22FN3O2S. The second-order valence-corrected chi connectivity index (χ2v) is 7.89. The van der Waals surface area contributed by atoms with E-state index in [0.29, 0.717) is 11.6 Å². The number of hydrogen-bond donors (Lipinski definition) is 2. The van der Waals surface area contributed by atoms with Crippen molar-refractivity contribution in [1.82, 2.24) is 9.97 Å². The average molecular weight is 387 g/mol. The van der Waals surface area contributed by atoms with E-state index in [1.807, 2.05) is 20.8 Å². The minimum atomic E-state index is -0.913. The van der Waals surface area contributed by atoms with Crippen molar-refractivity contribution < 1.29 is 14.3 Å². The third kappa shape index (κ3) is 3.78. The fourth-order valence-corrected chi connectivity index (χ4v) is 4.21. The predicted octanol–water partition coefficient (Wildman–Crippen LogP) is 5.03. The van der Waals surface area contributed by atoms with Crippen molar-refractivity contribution >= 4 is 33.3 Å². The van der Waals surface area contributed by atoms with E-state index in [0.717, 1.165) is 32.6 Å². The molecule has 0 amide bonds. The van der Waals surface area contributed by atoms with Gasteiger partial charge < -0.3 is 10.4 Å². The summed E-state index contributed by atoms with van der Waals surface area (Å²) in [7, 11) is 0. The summed E-state index contributed by atoms with van der Waals surface area (Å²) in [5.41, 5.74) is 1.76. The molecule has 27 heavy (non-hydrogen) atoms. The van der Waals surface area contributed by atoms with Crippen molar-refractivity contribution in [2.24, 2.45) is 5.92 Å². The maximum Gasteiger partial charge on any atom is 0.326 e. The van der Waals surface area contributed by atoms with Gasteiger partial charge in [0.2, 0.25) is 0 Å². The van der Waals surface area contributed by atoms with Crippen molar-refractivity contribution in [3.05, 3.63) is 40.8 Å². The molecule has 0 fully saturated rings. The molecule has 2 atom stereocenters. The van der Waals surface area contributed by atoms with Gasteiger partial charge in [-0.1, -0.05) is 32.4 Å². The van der Waals surface area contributed by atoms with Gasteiger partial charge in [0.05, 0.1) is 5.39 Å². The molecule has 142 valence electrons. The molecule has 0 aliphatic carbocycles. The number of carboxylic acid groups (broad SMARTS) is 1. The molecule has 0 bridgehead atoms. The Morgan fingerprint density at radius 1 is 1.26 bits per heavy atom. The molecule has 2 aromatic heterocycles. The van der Waals surface area contributed by atoms with E-state index in [9.17, 15) is 14.3 Å². The molecule has 1 aromatic carbocycles. The number of thiophene rings is 1. The average Bonchev–Trinajstić information content (AvgIpc) is 2.95. The summed E-state index contributed by atoms with van der Waals surface area (Å²) in [5, 5.41) is 13.6. The molecule has 2 N–H and O–H groups in total. The molecule has 7 heteroatoms. The van der Waals surface area contributed by atoms with E-state index >= 15 is 0 Å². The molecular weight excluding hydrogens is 365 g/mol. The Hall–Kier alpha value is -2.54. The number of aliphatic carboxylic acids is 1. The SMILES string of the molecule is CCC(C)C(Nc1nc(C)nc2sc(C)c(-c3ccc(F)cc3)c12)C(=O)O. The van der Waals surface area contributed by atoms with Crippen LogP contribution < -0.4 is 5.32 Å². The van der Waals surface area contributed by atoms with E-state index in [-0.39, 0.29) is 11.7 Å². The highest BCUT2D eigenvalue weighted by Gasteiger charge is 2.26. The topological polar surface area (TPSA) is 75.1 Å². The summed E-state index contributed by atoms with van der Waals surface area (Å²) in [5.74, 6) is -0.200. The molecule has 0 radical (unpaired) electrons. The largest absolute Gasteiger partial charge is 0.480 e. The Kier molecular flexibility index (Phi) is 5.41. The highest BCUT2D eigenvalue weighted by atomic mass is 32.1. The fraction of sp³-hybridized carbons (Fsp3) is 0.350. The van der Waals surface area contributed by atoms with Crippen LogP contribution in [-0.2, 0) is 4.79 Å².